The van der Waals surface area contributed by atoms with Gasteiger partial charge in [-0.05, 0) is 44.9 Å². The smallest absolute Gasteiger partial charge is 0.220 e. The molecule has 0 saturated carbocycles. The standard InChI is InChI=1S/C93H175NO18/c1-3-5-7-9-11-13-15-17-19-21-23-25-27-29-31-33-35-36-37-38-39-40-41-43-45-47-49-51-53-55-57-59-61-63-65-67-69-71-81(99)94-76(77(98)70-68-66-64-62-60-58-56-54-52-50-48-46-44-42-34-32-30-28-26-24-22-20-18-16-14-12-10-8-6-4-2)75-107-91-87(105)84(102)89(79(73-96)109-91)112-93-88(106)85(103)90(80(74-97)110-93)111-92-86(104)83(101)82(100)78(72-95)108-92/h52,54,60,62,68,70,76-80,82-93,95-98,100-106H,3-51,53,55-59,61,63-67,69,71-75H2,1-2H3,(H,94,99)/b54-52+,62-60+,70-68+. The fraction of sp³-hybridized carbons (Fsp3) is 0.925. The van der Waals surface area contributed by atoms with Crippen LogP contribution in [0.25, 0.3) is 0 Å². The predicted molar refractivity (Wildman–Crippen MR) is 453 cm³/mol. The van der Waals surface area contributed by atoms with Gasteiger partial charge in [0.25, 0.3) is 0 Å². The van der Waals surface area contributed by atoms with Gasteiger partial charge in [-0.25, -0.2) is 0 Å². The molecule has 3 rings (SSSR count). The molecule has 3 aliphatic rings. The molecule has 3 aliphatic heterocycles. The van der Waals surface area contributed by atoms with Crippen LogP contribution >= 0.6 is 0 Å². The normalized spacial score (nSPS) is 25.0. The molecule has 0 aromatic heterocycles. The molecule has 660 valence electrons. The van der Waals surface area contributed by atoms with E-state index in [0.717, 1.165) is 44.9 Å². The Bertz CT molecular complexity index is 2160. The maximum absolute atomic E-state index is 13.5. The highest BCUT2D eigenvalue weighted by molar-refractivity contribution is 5.76. The highest BCUT2D eigenvalue weighted by Crippen LogP contribution is 2.34. The van der Waals surface area contributed by atoms with E-state index >= 15 is 0 Å². The Hall–Kier alpha value is -1.99. The van der Waals surface area contributed by atoms with Crippen molar-refractivity contribution in [1.29, 1.82) is 0 Å². The molecule has 3 fully saturated rings. The molecule has 0 aliphatic carbocycles. The van der Waals surface area contributed by atoms with Crippen molar-refractivity contribution in [3.63, 3.8) is 0 Å². The Morgan fingerprint density at radius 1 is 0.312 bits per heavy atom. The largest absolute Gasteiger partial charge is 0.394 e. The van der Waals surface area contributed by atoms with Crippen molar-refractivity contribution in [2.75, 3.05) is 26.4 Å². The number of hydrogen-bond acceptors (Lipinski definition) is 18. The minimum Gasteiger partial charge on any atom is -0.394 e. The first-order valence-corrected chi connectivity index (χ1v) is 47.2. The van der Waals surface area contributed by atoms with E-state index in [-0.39, 0.29) is 18.9 Å². The summed E-state index contributed by atoms with van der Waals surface area (Å²) in [6, 6.07) is -0.997. The fourth-order valence-corrected chi connectivity index (χ4v) is 16.2. The predicted octanol–water partition coefficient (Wildman–Crippen LogP) is 18.6. The van der Waals surface area contributed by atoms with E-state index in [1.54, 1.807) is 6.08 Å². The summed E-state index contributed by atoms with van der Waals surface area (Å²) < 4.78 is 34.5. The molecule has 0 bridgehead atoms. The zero-order chi connectivity index (χ0) is 81.0. The van der Waals surface area contributed by atoms with Crippen LogP contribution in [-0.4, -0.2) is 193 Å². The summed E-state index contributed by atoms with van der Waals surface area (Å²) in [6.07, 6.45) is 67.6. The summed E-state index contributed by atoms with van der Waals surface area (Å²) in [5.74, 6) is -0.280. The summed E-state index contributed by atoms with van der Waals surface area (Å²) in [4.78, 5) is 13.5. The topological polar surface area (TPSA) is 307 Å². The monoisotopic (exact) mass is 1590 g/mol. The molecule has 19 heteroatoms. The number of amides is 1. The number of aliphatic hydroxyl groups is 11. The number of carbonyl (C=O) groups is 1. The van der Waals surface area contributed by atoms with Crippen LogP contribution in [0.15, 0.2) is 36.5 Å². The highest BCUT2D eigenvalue weighted by Gasteiger charge is 2.54. The van der Waals surface area contributed by atoms with Gasteiger partial charge in [-0.1, -0.05) is 403 Å². The summed E-state index contributed by atoms with van der Waals surface area (Å²) in [6.45, 7) is 1.79. The lowest BCUT2D eigenvalue weighted by Gasteiger charge is -2.48. The zero-order valence-electron chi connectivity index (χ0n) is 71.4. The highest BCUT2D eigenvalue weighted by atomic mass is 16.8. The van der Waals surface area contributed by atoms with Crippen molar-refractivity contribution >= 4 is 5.91 Å². The van der Waals surface area contributed by atoms with E-state index in [2.05, 4.69) is 43.5 Å². The van der Waals surface area contributed by atoms with E-state index in [9.17, 15) is 61.0 Å². The fourth-order valence-electron chi connectivity index (χ4n) is 16.2. The molecule has 0 aromatic carbocycles. The van der Waals surface area contributed by atoms with E-state index in [1.807, 2.05) is 6.08 Å². The Morgan fingerprint density at radius 3 is 0.893 bits per heavy atom. The molecule has 3 heterocycles. The Labute approximate surface area is 682 Å². The summed E-state index contributed by atoms with van der Waals surface area (Å²) in [5.41, 5.74) is 0. The molecule has 12 N–H and O–H groups in total. The first-order chi connectivity index (χ1) is 54.8. The molecular formula is C93H175NO18. The van der Waals surface area contributed by atoms with Gasteiger partial charge < -0.3 is 89.9 Å². The van der Waals surface area contributed by atoms with Crippen LogP contribution in [0.4, 0.5) is 0 Å². The number of carbonyl (C=O) groups excluding carboxylic acids is 1. The van der Waals surface area contributed by atoms with E-state index < -0.39 is 124 Å². The van der Waals surface area contributed by atoms with Crippen molar-refractivity contribution in [3.05, 3.63) is 36.5 Å². The van der Waals surface area contributed by atoms with Crippen LogP contribution in [0, 0.1) is 0 Å². The molecule has 0 radical (unpaired) electrons. The van der Waals surface area contributed by atoms with Crippen molar-refractivity contribution in [1.82, 2.24) is 5.32 Å². The Kier molecular flexibility index (Phi) is 67.9. The number of unbranched alkanes of at least 4 members (excludes halogenated alkanes) is 58. The number of rotatable bonds is 78. The lowest BCUT2D eigenvalue weighted by atomic mass is 9.96. The van der Waals surface area contributed by atoms with E-state index in [0.29, 0.717) is 12.8 Å². The van der Waals surface area contributed by atoms with Crippen LogP contribution in [-0.2, 0) is 33.2 Å². The number of ether oxygens (including phenoxy) is 6. The second-order valence-corrected chi connectivity index (χ2v) is 33.8. The Morgan fingerprint density at radius 2 is 0.571 bits per heavy atom. The van der Waals surface area contributed by atoms with Gasteiger partial charge in [-0.15, -0.1) is 0 Å². The minimum atomic E-state index is -1.98. The summed E-state index contributed by atoms with van der Waals surface area (Å²) in [7, 11) is 0. The van der Waals surface area contributed by atoms with Crippen molar-refractivity contribution in [2.24, 2.45) is 0 Å². The maximum atomic E-state index is 13.5. The first-order valence-electron chi connectivity index (χ1n) is 47.2. The third kappa shape index (κ3) is 50.8. The van der Waals surface area contributed by atoms with Gasteiger partial charge in [-0.3, -0.25) is 4.79 Å². The van der Waals surface area contributed by atoms with Gasteiger partial charge in [0.15, 0.2) is 18.9 Å². The minimum absolute atomic E-state index is 0.237. The second kappa shape index (κ2) is 73.0. The molecule has 0 spiro atoms. The molecular weight excluding hydrogens is 1420 g/mol. The number of hydrogen-bond donors (Lipinski definition) is 12. The van der Waals surface area contributed by atoms with Gasteiger partial charge in [0.05, 0.1) is 38.6 Å². The lowest BCUT2D eigenvalue weighted by molar-refractivity contribution is -0.379. The zero-order valence-corrected chi connectivity index (χ0v) is 71.4. The van der Waals surface area contributed by atoms with Gasteiger partial charge in [0.2, 0.25) is 5.91 Å². The van der Waals surface area contributed by atoms with Crippen molar-refractivity contribution < 1.29 is 89.4 Å². The van der Waals surface area contributed by atoms with Crippen LogP contribution in [0.5, 0.6) is 0 Å². The molecule has 19 nitrogen and oxygen atoms in total. The van der Waals surface area contributed by atoms with Gasteiger partial charge in [-0.2, -0.15) is 0 Å². The SMILES string of the molecule is CCCCCCCCCCCCCCCCCCCCCC/C=C/CC/C=C/CC/C=C/C(O)C(COC1OC(CO)C(OC2OC(CO)C(OC3OC(CO)C(O)C(O)C3O)C(O)C2O)C(O)C1O)NC(=O)CCCCCCCCCCCCCCCCCCCCCCCCCCCCCCCCCCCCCCC. The molecule has 17 unspecified atom stereocenters. The first kappa shape index (κ1) is 104. The van der Waals surface area contributed by atoms with Gasteiger partial charge in [0.1, 0.15) is 73.2 Å². The van der Waals surface area contributed by atoms with Crippen molar-refractivity contribution in [3.8, 4) is 0 Å². The third-order valence-electron chi connectivity index (χ3n) is 23.7. The molecule has 3 saturated heterocycles. The van der Waals surface area contributed by atoms with Crippen LogP contribution in [0.2, 0.25) is 0 Å². The molecule has 0 aromatic rings. The quantitative estimate of drug-likeness (QED) is 0.0199. The summed E-state index contributed by atoms with van der Waals surface area (Å²) in [5, 5.41) is 121. The van der Waals surface area contributed by atoms with E-state index in [4.69, 9.17) is 28.4 Å². The molecule has 112 heavy (non-hydrogen) atoms. The maximum Gasteiger partial charge on any atom is 0.220 e. The molecule has 17 atom stereocenters. The third-order valence-corrected chi connectivity index (χ3v) is 23.7. The number of aliphatic hydroxyl groups excluding tert-OH is 11. The van der Waals surface area contributed by atoms with E-state index in [1.165, 1.54) is 340 Å². The molecule has 1 amide bonds. The van der Waals surface area contributed by atoms with Gasteiger partial charge in [0, 0.05) is 6.42 Å². The average molecular weight is 1600 g/mol. The number of nitrogens with one attached hydrogen (secondary N) is 1. The van der Waals surface area contributed by atoms with Gasteiger partial charge >= 0.3 is 0 Å². The average Bonchev–Trinajstić information content (AvgIpc) is 0.781. The second-order valence-electron chi connectivity index (χ2n) is 33.8. The van der Waals surface area contributed by atoms with Crippen molar-refractivity contribution in [2.45, 2.75) is 523 Å². The summed E-state index contributed by atoms with van der Waals surface area (Å²) >= 11 is 0. The Balaban J connectivity index is 1.32. The lowest BCUT2D eigenvalue weighted by Crippen LogP contribution is -2.66. The van der Waals surface area contributed by atoms with Crippen LogP contribution in [0.3, 0.4) is 0 Å². The van der Waals surface area contributed by atoms with Crippen LogP contribution < -0.4 is 5.32 Å². The van der Waals surface area contributed by atoms with Crippen LogP contribution in [0.1, 0.15) is 418 Å². The number of allylic oxidation sites excluding steroid dienone is 5.